The summed E-state index contributed by atoms with van der Waals surface area (Å²) in [6.07, 6.45) is 16.7. The number of unbranched alkanes of at least 4 members (excludes halogenated alkanes) is 1. The van der Waals surface area contributed by atoms with Crippen molar-refractivity contribution >= 4 is 16.6 Å². The van der Waals surface area contributed by atoms with Gasteiger partial charge in [0.25, 0.3) is 0 Å². The Kier molecular flexibility index (Phi) is 8.03. The Morgan fingerprint density at radius 3 is 2.69 bits per heavy atom. The van der Waals surface area contributed by atoms with Crippen molar-refractivity contribution in [1.29, 1.82) is 0 Å². The van der Waals surface area contributed by atoms with Crippen LogP contribution in [-0.2, 0) is 6.42 Å². The van der Waals surface area contributed by atoms with Crippen molar-refractivity contribution in [3.8, 4) is 0 Å². The van der Waals surface area contributed by atoms with Crippen LogP contribution >= 0.6 is 0 Å². The van der Waals surface area contributed by atoms with Gasteiger partial charge in [-0.15, -0.1) is 0 Å². The number of rotatable bonds is 8. The molecule has 0 radical (unpaired) electrons. The topological polar surface area (TPSA) is 24.9 Å². The van der Waals surface area contributed by atoms with E-state index >= 15 is 4.39 Å². The average Bonchev–Trinajstić information content (AvgIpc) is 2.87. The zero-order chi connectivity index (χ0) is 24.9. The van der Waals surface area contributed by atoms with Crippen molar-refractivity contribution in [1.82, 2.24) is 10.3 Å². The summed E-state index contributed by atoms with van der Waals surface area (Å²) in [5.41, 5.74) is 5.92. The number of alkyl halides is 1. The molecular formula is C31H41FN3+. The van der Waals surface area contributed by atoms with E-state index in [2.05, 4.69) is 94.0 Å². The molecule has 186 valence electrons. The fraction of sp³-hybridized carbons (Fsp3) is 0.452. The molecule has 35 heavy (non-hydrogen) atoms. The molecule has 2 aliphatic heterocycles. The van der Waals surface area contributed by atoms with Crippen molar-refractivity contribution in [2.45, 2.75) is 71.4 Å². The Hall–Kier alpha value is -2.56. The van der Waals surface area contributed by atoms with Crippen molar-refractivity contribution in [2.75, 3.05) is 20.1 Å². The van der Waals surface area contributed by atoms with Gasteiger partial charge in [0.2, 0.25) is 0 Å². The maximum atomic E-state index is 15.4. The Morgan fingerprint density at radius 1 is 1.14 bits per heavy atom. The van der Waals surface area contributed by atoms with Crippen LogP contribution in [0.3, 0.4) is 0 Å². The third-order valence-electron chi connectivity index (χ3n) is 7.73. The van der Waals surface area contributed by atoms with E-state index in [4.69, 9.17) is 4.98 Å². The van der Waals surface area contributed by atoms with Gasteiger partial charge in [-0.3, -0.25) is 0 Å². The van der Waals surface area contributed by atoms with Crippen LogP contribution in [0.15, 0.2) is 72.1 Å². The quantitative estimate of drug-likeness (QED) is 0.398. The number of nitrogens with one attached hydrogen (secondary N) is 1. The van der Waals surface area contributed by atoms with Crippen molar-refractivity contribution in [3.63, 3.8) is 0 Å². The number of hydrogen-bond acceptors (Lipinski definition) is 2. The number of piperidine rings is 1. The first-order chi connectivity index (χ1) is 16.9. The van der Waals surface area contributed by atoms with Gasteiger partial charge < -0.3 is 5.32 Å². The lowest BCUT2D eigenvalue weighted by atomic mass is 9.88. The van der Waals surface area contributed by atoms with E-state index in [9.17, 15) is 0 Å². The SMILES string of the molecule is CCCC=C1C=CC=C[N+]1(C)C(=C(C)CC)c1ccc2cccc(CCC3(F)CCNCC3)c2n1. The molecule has 3 heterocycles. The molecule has 1 fully saturated rings. The second kappa shape index (κ2) is 11.0. The standard InChI is InChI=1S/C31H41FN3/c1-5-7-13-27-14-8-9-23-35(27,4)30(24(3)6-2)28-16-15-25-11-10-12-26(29(25)34-28)17-18-31(32)19-21-33-22-20-31/h8-16,23,33H,5-7,17-22H2,1-4H3/q+1. The van der Waals surface area contributed by atoms with Crippen LogP contribution in [-0.4, -0.2) is 35.3 Å². The normalized spacial score (nSPS) is 23.6. The lowest BCUT2D eigenvalue weighted by Gasteiger charge is -2.35. The first kappa shape index (κ1) is 25.5. The number of halogens is 1. The van der Waals surface area contributed by atoms with E-state index in [-0.39, 0.29) is 0 Å². The molecule has 0 bridgehead atoms. The van der Waals surface area contributed by atoms with E-state index in [0.717, 1.165) is 54.5 Å². The van der Waals surface area contributed by atoms with Crippen LogP contribution in [0.4, 0.5) is 4.39 Å². The predicted molar refractivity (Wildman–Crippen MR) is 146 cm³/mol. The van der Waals surface area contributed by atoms with Gasteiger partial charge in [-0.1, -0.05) is 50.6 Å². The van der Waals surface area contributed by atoms with Gasteiger partial charge in [0.05, 0.1) is 12.6 Å². The number of para-hydroxylation sites is 1. The molecule has 1 saturated heterocycles. The van der Waals surface area contributed by atoms with Crippen molar-refractivity contribution in [3.05, 3.63) is 83.4 Å². The summed E-state index contributed by atoms with van der Waals surface area (Å²) in [5, 5.41) is 4.40. The number of benzene rings is 1. The van der Waals surface area contributed by atoms with Gasteiger partial charge in [-0.2, -0.15) is 0 Å². The lowest BCUT2D eigenvalue weighted by molar-refractivity contribution is -0.741. The third kappa shape index (κ3) is 5.49. The number of hydrogen-bond donors (Lipinski definition) is 1. The Labute approximate surface area is 210 Å². The number of aromatic nitrogens is 1. The highest BCUT2D eigenvalue weighted by Gasteiger charge is 2.35. The molecule has 2 aliphatic rings. The Bertz CT molecular complexity index is 1170. The highest BCUT2D eigenvalue weighted by Crippen LogP contribution is 2.38. The molecule has 2 aromatic rings. The molecule has 1 atom stereocenters. The van der Waals surface area contributed by atoms with Gasteiger partial charge in [-0.25, -0.2) is 13.9 Å². The fourth-order valence-electron chi connectivity index (χ4n) is 5.42. The number of quaternary nitrogens is 1. The van der Waals surface area contributed by atoms with E-state index < -0.39 is 5.67 Å². The Balaban J connectivity index is 1.76. The minimum absolute atomic E-state index is 0.557. The first-order valence-electron chi connectivity index (χ1n) is 13.3. The number of likely N-dealkylation sites (N-methyl/N-ethyl adjacent to an activating group) is 1. The van der Waals surface area contributed by atoms with E-state index in [1.54, 1.807) is 0 Å². The number of allylic oxidation sites excluding steroid dienone is 5. The van der Waals surface area contributed by atoms with Gasteiger partial charge in [-0.05, 0) is 94.0 Å². The van der Waals surface area contributed by atoms with Gasteiger partial charge in [0.15, 0.2) is 5.70 Å². The predicted octanol–water partition coefficient (Wildman–Crippen LogP) is 7.61. The minimum Gasteiger partial charge on any atom is -0.316 e. The van der Waals surface area contributed by atoms with E-state index in [1.807, 2.05) is 0 Å². The van der Waals surface area contributed by atoms with Crippen LogP contribution in [0.5, 0.6) is 0 Å². The summed E-state index contributed by atoms with van der Waals surface area (Å²) in [6, 6.07) is 10.7. The monoisotopic (exact) mass is 474 g/mol. The molecule has 1 aromatic carbocycles. The second-order valence-electron chi connectivity index (χ2n) is 10.3. The molecule has 0 spiro atoms. The number of fused-ring (bicyclic) bond motifs is 1. The molecule has 3 nitrogen and oxygen atoms in total. The van der Waals surface area contributed by atoms with Crippen LogP contribution in [0.2, 0.25) is 0 Å². The summed E-state index contributed by atoms with van der Waals surface area (Å²) in [6.45, 7) is 8.20. The maximum Gasteiger partial charge on any atom is 0.167 e. The molecule has 1 unspecified atom stereocenters. The lowest BCUT2D eigenvalue weighted by Crippen LogP contribution is -2.38. The van der Waals surface area contributed by atoms with E-state index in [1.165, 1.54) is 17.0 Å². The van der Waals surface area contributed by atoms with Gasteiger partial charge >= 0.3 is 0 Å². The third-order valence-corrected chi connectivity index (χ3v) is 7.73. The zero-order valence-corrected chi connectivity index (χ0v) is 21.9. The molecule has 0 aliphatic carbocycles. The molecule has 4 heteroatoms. The molecule has 4 rings (SSSR count). The smallest absolute Gasteiger partial charge is 0.167 e. The number of aryl methyl sites for hydroxylation is 1. The summed E-state index contributed by atoms with van der Waals surface area (Å²) >= 11 is 0. The van der Waals surface area contributed by atoms with Gasteiger partial charge in [0, 0.05) is 5.39 Å². The summed E-state index contributed by atoms with van der Waals surface area (Å²) in [5.74, 6) is 0. The van der Waals surface area contributed by atoms with Crippen molar-refractivity contribution in [2.24, 2.45) is 0 Å². The highest BCUT2D eigenvalue weighted by atomic mass is 19.1. The molecule has 1 aromatic heterocycles. The summed E-state index contributed by atoms with van der Waals surface area (Å²) in [4.78, 5) is 5.27. The van der Waals surface area contributed by atoms with Crippen LogP contribution in [0.1, 0.15) is 70.6 Å². The highest BCUT2D eigenvalue weighted by molar-refractivity contribution is 5.83. The van der Waals surface area contributed by atoms with Crippen molar-refractivity contribution < 1.29 is 8.87 Å². The molecule has 1 N–H and O–H groups in total. The fourth-order valence-corrected chi connectivity index (χ4v) is 5.42. The minimum atomic E-state index is -1.07. The molecule has 0 amide bonds. The van der Waals surface area contributed by atoms with Crippen LogP contribution in [0.25, 0.3) is 16.6 Å². The van der Waals surface area contributed by atoms with Crippen LogP contribution in [0, 0.1) is 0 Å². The van der Waals surface area contributed by atoms with Gasteiger partial charge in [0.1, 0.15) is 23.3 Å². The average molecular weight is 475 g/mol. The summed E-state index contributed by atoms with van der Waals surface area (Å²) in [7, 11) is 2.26. The maximum absolute atomic E-state index is 15.4. The first-order valence-corrected chi connectivity index (χ1v) is 13.3. The largest absolute Gasteiger partial charge is 0.316 e. The summed E-state index contributed by atoms with van der Waals surface area (Å²) < 4.78 is 16.0. The number of pyridine rings is 1. The molecular weight excluding hydrogens is 433 g/mol. The second-order valence-corrected chi connectivity index (χ2v) is 10.3. The van der Waals surface area contributed by atoms with Crippen LogP contribution < -0.4 is 5.32 Å². The van der Waals surface area contributed by atoms with E-state index in [0.29, 0.717) is 30.2 Å². The Morgan fingerprint density at radius 2 is 1.94 bits per heavy atom. The molecule has 0 saturated carbocycles. The number of nitrogens with zero attached hydrogens (tertiary/aromatic N) is 2. The zero-order valence-electron chi connectivity index (χ0n) is 21.9.